The Labute approximate surface area is 239 Å². The monoisotopic (exact) mass is 606 g/mol. The molecule has 0 N–H and O–H groups in total. The molecule has 1 saturated heterocycles. The van der Waals surface area contributed by atoms with Gasteiger partial charge in [-0.2, -0.15) is 22.0 Å². The van der Waals surface area contributed by atoms with Gasteiger partial charge in [-0.3, -0.25) is 0 Å². The molecule has 1 aliphatic heterocycles. The van der Waals surface area contributed by atoms with Crippen LogP contribution in [-0.4, -0.2) is 25.6 Å². The molecule has 232 valence electrons. The Morgan fingerprint density at radius 1 is 0.690 bits per heavy atom. The van der Waals surface area contributed by atoms with E-state index in [1.54, 1.807) is 0 Å². The van der Waals surface area contributed by atoms with E-state index in [0.717, 1.165) is 37.8 Å². The molecule has 3 fully saturated rings. The molecule has 42 heavy (non-hydrogen) atoms. The van der Waals surface area contributed by atoms with Crippen LogP contribution >= 0.6 is 0 Å². The van der Waals surface area contributed by atoms with Crippen molar-refractivity contribution >= 4 is 0 Å². The Morgan fingerprint density at radius 2 is 1.21 bits per heavy atom. The van der Waals surface area contributed by atoms with Crippen LogP contribution in [0.4, 0.5) is 35.1 Å². The van der Waals surface area contributed by atoms with E-state index in [1.165, 1.54) is 0 Å². The summed E-state index contributed by atoms with van der Waals surface area (Å²) in [5.74, 6) is -4.94. The van der Waals surface area contributed by atoms with E-state index in [1.807, 2.05) is 0 Å². The summed E-state index contributed by atoms with van der Waals surface area (Å²) in [6, 6.07) is 3.29. The minimum absolute atomic E-state index is 0.148. The number of hydrogen-bond acceptors (Lipinski definition) is 3. The first-order valence-corrected chi connectivity index (χ1v) is 14.5. The van der Waals surface area contributed by atoms with Gasteiger partial charge in [-0.15, -0.1) is 0 Å². The number of ether oxygens (including phenoxy) is 3. The van der Waals surface area contributed by atoms with E-state index in [9.17, 15) is 26.3 Å². The van der Waals surface area contributed by atoms with E-state index in [-0.39, 0.29) is 19.1 Å². The summed E-state index contributed by atoms with van der Waals surface area (Å²) in [5.41, 5.74) is -3.05. The van der Waals surface area contributed by atoms with Crippen molar-refractivity contribution in [3.63, 3.8) is 0 Å². The van der Waals surface area contributed by atoms with Gasteiger partial charge in [-0.25, -0.2) is 13.2 Å². The van der Waals surface area contributed by atoms with Crippen molar-refractivity contribution in [2.75, 3.05) is 13.2 Å². The highest BCUT2D eigenvalue weighted by atomic mass is 19.4. The summed E-state index contributed by atoms with van der Waals surface area (Å²) in [6.07, 6.45) is -3.16. The maximum atomic E-state index is 15.1. The molecule has 3 aliphatic rings. The molecule has 5 rings (SSSR count). The molecule has 0 spiro atoms. The van der Waals surface area contributed by atoms with Gasteiger partial charge < -0.3 is 14.2 Å². The first kappa shape index (κ1) is 31.0. The summed E-state index contributed by atoms with van der Waals surface area (Å²) in [5, 5.41) is 0. The fourth-order valence-corrected chi connectivity index (χ4v) is 6.74. The number of alkyl halides is 5. The molecule has 0 radical (unpaired) electrons. The van der Waals surface area contributed by atoms with E-state index in [4.69, 9.17) is 14.2 Å². The number of halogens is 8. The second-order valence-electron chi connectivity index (χ2n) is 12.0. The second-order valence-corrected chi connectivity index (χ2v) is 12.0. The molecule has 2 aliphatic carbocycles. The molecule has 2 saturated carbocycles. The molecular weight excluding hydrogens is 572 g/mol. The van der Waals surface area contributed by atoms with Crippen molar-refractivity contribution in [2.24, 2.45) is 29.6 Å². The topological polar surface area (TPSA) is 27.7 Å². The highest BCUT2D eigenvalue weighted by molar-refractivity contribution is 5.66. The number of rotatable bonds is 6. The van der Waals surface area contributed by atoms with Gasteiger partial charge in [0.25, 0.3) is 0 Å². The fraction of sp³-hybridized carbons (Fsp3) is 0.613. The lowest BCUT2D eigenvalue weighted by atomic mass is 9.69. The summed E-state index contributed by atoms with van der Waals surface area (Å²) in [4.78, 5) is 0. The molecule has 0 unspecified atom stereocenters. The Morgan fingerprint density at radius 3 is 1.74 bits per heavy atom. The van der Waals surface area contributed by atoms with Gasteiger partial charge in [0.1, 0.15) is 28.8 Å². The molecule has 1 heterocycles. The molecule has 0 atom stereocenters. The van der Waals surface area contributed by atoms with Gasteiger partial charge in [0.15, 0.2) is 6.29 Å². The van der Waals surface area contributed by atoms with E-state index in [2.05, 4.69) is 6.92 Å². The molecule has 2 aromatic carbocycles. The number of benzene rings is 2. The second kappa shape index (κ2) is 12.3. The normalized spacial score (nSPS) is 29.4. The molecule has 0 amide bonds. The molecule has 0 bridgehead atoms. The predicted molar refractivity (Wildman–Crippen MR) is 138 cm³/mol. The van der Waals surface area contributed by atoms with Gasteiger partial charge in [0.2, 0.25) is 0 Å². The lowest BCUT2D eigenvalue weighted by Crippen LogP contribution is -2.40. The van der Waals surface area contributed by atoms with Gasteiger partial charge in [-0.1, -0.05) is 6.92 Å². The molecule has 3 nitrogen and oxygen atoms in total. The van der Waals surface area contributed by atoms with Crippen LogP contribution in [0.2, 0.25) is 0 Å². The van der Waals surface area contributed by atoms with Gasteiger partial charge in [0.05, 0.1) is 19.1 Å². The highest BCUT2D eigenvalue weighted by Gasteiger charge is 2.45. The Bertz CT molecular complexity index is 1200. The van der Waals surface area contributed by atoms with Gasteiger partial charge in [0, 0.05) is 23.5 Å². The minimum Gasteiger partial charge on any atom is -0.432 e. The highest BCUT2D eigenvalue weighted by Crippen LogP contribution is 2.46. The summed E-state index contributed by atoms with van der Waals surface area (Å²) in [7, 11) is 0. The molecular formula is C31H34F8O3. The summed E-state index contributed by atoms with van der Waals surface area (Å²) < 4.78 is 128. The van der Waals surface area contributed by atoms with Gasteiger partial charge >= 0.3 is 12.3 Å². The predicted octanol–water partition coefficient (Wildman–Crippen LogP) is 9.38. The first-order chi connectivity index (χ1) is 19.8. The lowest BCUT2D eigenvalue weighted by Gasteiger charge is -2.41. The Balaban J connectivity index is 1.15. The van der Waals surface area contributed by atoms with Gasteiger partial charge in [-0.05, 0) is 93.0 Å². The van der Waals surface area contributed by atoms with E-state index < -0.39 is 58.1 Å². The zero-order valence-electron chi connectivity index (χ0n) is 23.2. The van der Waals surface area contributed by atoms with Crippen molar-refractivity contribution in [1.82, 2.24) is 0 Å². The largest absolute Gasteiger partial charge is 0.432 e. The van der Waals surface area contributed by atoms with Crippen LogP contribution in [0, 0.1) is 47.0 Å². The first-order valence-electron chi connectivity index (χ1n) is 14.5. The van der Waals surface area contributed by atoms with Crippen LogP contribution in [-0.2, 0) is 15.7 Å². The van der Waals surface area contributed by atoms with E-state index >= 15 is 8.78 Å². The van der Waals surface area contributed by atoms with Crippen molar-refractivity contribution in [3.8, 4) is 16.9 Å². The Kier molecular flexibility index (Phi) is 9.09. The maximum absolute atomic E-state index is 15.1. The van der Waals surface area contributed by atoms with Crippen molar-refractivity contribution in [1.29, 1.82) is 0 Å². The van der Waals surface area contributed by atoms with Crippen LogP contribution in [0.1, 0.15) is 63.9 Å². The van der Waals surface area contributed by atoms with Crippen LogP contribution in [0.15, 0.2) is 30.3 Å². The average Bonchev–Trinajstić information content (AvgIpc) is 2.92. The van der Waals surface area contributed by atoms with Crippen LogP contribution < -0.4 is 4.74 Å². The third-order valence-corrected chi connectivity index (χ3v) is 9.04. The molecule has 11 heteroatoms. The fourth-order valence-electron chi connectivity index (χ4n) is 6.74. The zero-order chi connectivity index (χ0) is 30.2. The minimum atomic E-state index is -5.27. The molecule has 2 aromatic rings. The Hall–Kier alpha value is -2.40. The third kappa shape index (κ3) is 6.87. The van der Waals surface area contributed by atoms with E-state index in [0.29, 0.717) is 67.9 Å². The van der Waals surface area contributed by atoms with Crippen LogP contribution in [0.5, 0.6) is 5.75 Å². The maximum Gasteiger partial charge on any atom is 0.422 e. The summed E-state index contributed by atoms with van der Waals surface area (Å²) in [6.45, 7) is 3.51. The smallest absolute Gasteiger partial charge is 0.422 e. The SMILES string of the molecule is CC1COC(C2CCC(C3CCC(C(F)(F)Oc4ccc(-c5cc(F)c(C(F)(F)F)c(F)c5)c(F)c4)CC3)CC2)OC1. The summed E-state index contributed by atoms with van der Waals surface area (Å²) >= 11 is 0. The van der Waals surface area contributed by atoms with Crippen molar-refractivity contribution in [3.05, 3.63) is 53.3 Å². The lowest BCUT2D eigenvalue weighted by molar-refractivity contribution is -0.229. The number of hydrogen-bond donors (Lipinski definition) is 0. The van der Waals surface area contributed by atoms with Crippen LogP contribution in [0.25, 0.3) is 11.1 Å². The standard InChI is InChI=1S/C31H34F8O3/c1-17-15-40-29(41-16-17)20-4-2-18(3-5-20)19-6-8-22(9-7-19)31(38,39)42-23-10-11-24(25(32)14-23)21-12-26(33)28(27(34)13-21)30(35,36)37/h10-14,17-20,22,29H,2-9,15-16H2,1H3. The third-order valence-electron chi connectivity index (χ3n) is 9.04. The quantitative estimate of drug-likeness (QED) is 0.307. The zero-order valence-corrected chi connectivity index (χ0v) is 23.2. The van der Waals surface area contributed by atoms with Crippen molar-refractivity contribution < 1.29 is 49.3 Å². The average molecular weight is 607 g/mol. The molecule has 0 aromatic heterocycles. The van der Waals surface area contributed by atoms with Crippen molar-refractivity contribution in [2.45, 2.75) is 76.9 Å². The van der Waals surface area contributed by atoms with Crippen LogP contribution in [0.3, 0.4) is 0 Å².